The fourth-order valence-electron chi connectivity index (χ4n) is 3.57. The molecule has 1 aromatic rings. The van der Waals surface area contributed by atoms with Gasteiger partial charge < -0.3 is 25.2 Å². The summed E-state index contributed by atoms with van der Waals surface area (Å²) in [6.45, 7) is 5.47. The summed E-state index contributed by atoms with van der Waals surface area (Å²) in [4.78, 5) is 41.5. The molecule has 8 nitrogen and oxygen atoms in total. The van der Waals surface area contributed by atoms with Gasteiger partial charge in [-0.1, -0.05) is 25.4 Å². The van der Waals surface area contributed by atoms with Crippen LogP contribution in [0.25, 0.3) is 0 Å². The number of nitrogens with zero attached hydrogens (tertiary/aromatic N) is 2. The van der Waals surface area contributed by atoms with Gasteiger partial charge in [-0.05, 0) is 57.5 Å². The molecule has 32 heavy (non-hydrogen) atoms. The van der Waals surface area contributed by atoms with Gasteiger partial charge in [0.25, 0.3) is 5.91 Å². The summed E-state index contributed by atoms with van der Waals surface area (Å²) in [5, 5.41) is 6.35. The van der Waals surface area contributed by atoms with Crippen molar-refractivity contribution >= 4 is 29.3 Å². The zero-order valence-corrected chi connectivity index (χ0v) is 20.2. The highest BCUT2D eigenvalue weighted by atomic mass is 35.5. The van der Waals surface area contributed by atoms with Gasteiger partial charge >= 0.3 is 0 Å². The Balaban J connectivity index is 2.23. The Labute approximate surface area is 195 Å². The van der Waals surface area contributed by atoms with E-state index in [0.717, 1.165) is 0 Å². The number of carbonyl (C=O) groups is 3. The monoisotopic (exact) mass is 466 g/mol. The molecular formula is C23H35ClN4O4. The van der Waals surface area contributed by atoms with Gasteiger partial charge in [-0.2, -0.15) is 0 Å². The maximum atomic E-state index is 12.8. The van der Waals surface area contributed by atoms with Crippen molar-refractivity contribution in [2.45, 2.75) is 39.2 Å². The molecule has 2 rings (SSSR count). The minimum atomic E-state index is -0.262. The Morgan fingerprint density at radius 1 is 1.28 bits per heavy atom. The highest BCUT2D eigenvalue weighted by Crippen LogP contribution is 2.23. The minimum absolute atomic E-state index is 0.000176. The van der Waals surface area contributed by atoms with Crippen molar-refractivity contribution in [3.8, 4) is 5.75 Å². The predicted octanol–water partition coefficient (Wildman–Crippen LogP) is 2.16. The summed E-state index contributed by atoms with van der Waals surface area (Å²) < 4.78 is 5.96. The molecule has 0 radical (unpaired) electrons. The van der Waals surface area contributed by atoms with Crippen LogP contribution in [-0.4, -0.2) is 80.4 Å². The van der Waals surface area contributed by atoms with Crippen molar-refractivity contribution in [2.75, 3.05) is 46.9 Å². The molecule has 1 atom stereocenters. The van der Waals surface area contributed by atoms with Gasteiger partial charge in [0.05, 0.1) is 24.7 Å². The highest BCUT2D eigenvalue weighted by molar-refractivity contribution is 6.31. The van der Waals surface area contributed by atoms with Crippen LogP contribution in [0.1, 0.15) is 43.5 Å². The van der Waals surface area contributed by atoms with E-state index in [1.165, 1.54) is 0 Å². The van der Waals surface area contributed by atoms with Crippen LogP contribution in [0.2, 0.25) is 5.02 Å². The predicted molar refractivity (Wildman–Crippen MR) is 125 cm³/mol. The third-order valence-electron chi connectivity index (χ3n) is 5.03. The summed E-state index contributed by atoms with van der Waals surface area (Å²) in [7, 11) is 3.64. The third-order valence-corrected chi connectivity index (χ3v) is 5.26. The lowest BCUT2D eigenvalue weighted by molar-refractivity contribution is -0.137. The van der Waals surface area contributed by atoms with Crippen molar-refractivity contribution in [3.63, 3.8) is 0 Å². The number of carbonyl (C=O) groups excluding carboxylic acids is 3. The highest BCUT2D eigenvalue weighted by Gasteiger charge is 2.22. The van der Waals surface area contributed by atoms with E-state index in [0.29, 0.717) is 54.6 Å². The molecule has 0 unspecified atom stereocenters. The Bertz CT molecular complexity index is 800. The average Bonchev–Trinajstić information content (AvgIpc) is 2.70. The molecule has 1 aliphatic rings. The molecule has 0 bridgehead atoms. The SMILES string of the molecule is CC(C)C[C@@H]1COc2ccc(Cl)cc2C(=O)NCCCCN(C(=O)CN(C)C)CC(=O)N1. The average molecular weight is 467 g/mol. The number of hydrogen-bond acceptors (Lipinski definition) is 5. The van der Waals surface area contributed by atoms with Crippen LogP contribution in [0.15, 0.2) is 18.2 Å². The van der Waals surface area contributed by atoms with E-state index >= 15 is 0 Å². The van der Waals surface area contributed by atoms with E-state index in [1.54, 1.807) is 28.0 Å². The fourth-order valence-corrected chi connectivity index (χ4v) is 3.74. The molecule has 0 aliphatic carbocycles. The Kier molecular flexibility index (Phi) is 10.3. The number of rotatable bonds is 4. The van der Waals surface area contributed by atoms with Gasteiger partial charge in [0, 0.05) is 18.1 Å². The Morgan fingerprint density at radius 2 is 2.03 bits per heavy atom. The van der Waals surface area contributed by atoms with Gasteiger partial charge in [0.1, 0.15) is 12.4 Å². The molecule has 0 aromatic heterocycles. The number of amides is 3. The van der Waals surface area contributed by atoms with Gasteiger partial charge in [-0.15, -0.1) is 0 Å². The summed E-state index contributed by atoms with van der Waals surface area (Å²) in [5.74, 6) is 0.171. The second-order valence-corrected chi connectivity index (χ2v) is 9.30. The molecule has 0 spiro atoms. The van der Waals surface area contributed by atoms with Crippen LogP contribution >= 0.6 is 11.6 Å². The lowest BCUT2D eigenvalue weighted by atomic mass is 10.0. The molecule has 2 N–H and O–H groups in total. The first-order valence-corrected chi connectivity index (χ1v) is 11.5. The number of hydrogen-bond donors (Lipinski definition) is 2. The normalized spacial score (nSPS) is 18.8. The number of likely N-dealkylation sites (N-methyl/N-ethyl adjacent to an activating group) is 1. The molecule has 1 aliphatic heterocycles. The minimum Gasteiger partial charge on any atom is -0.491 e. The largest absolute Gasteiger partial charge is 0.491 e. The Hall–Kier alpha value is -2.32. The summed E-state index contributed by atoms with van der Waals surface area (Å²) in [6.07, 6.45) is 2.04. The van der Waals surface area contributed by atoms with Crippen LogP contribution in [-0.2, 0) is 9.59 Å². The van der Waals surface area contributed by atoms with Gasteiger partial charge in [0.15, 0.2) is 0 Å². The number of ether oxygens (including phenoxy) is 1. The lowest BCUT2D eigenvalue weighted by Crippen LogP contribution is -2.48. The first kappa shape index (κ1) is 25.9. The van der Waals surface area contributed by atoms with Crippen molar-refractivity contribution in [1.82, 2.24) is 20.4 Å². The summed E-state index contributed by atoms with van der Waals surface area (Å²) in [6, 6.07) is 4.67. The van der Waals surface area contributed by atoms with E-state index in [-0.39, 0.29) is 43.5 Å². The van der Waals surface area contributed by atoms with E-state index in [1.807, 2.05) is 14.1 Å². The van der Waals surface area contributed by atoms with Crippen molar-refractivity contribution in [1.29, 1.82) is 0 Å². The van der Waals surface area contributed by atoms with E-state index in [9.17, 15) is 14.4 Å². The second-order valence-electron chi connectivity index (χ2n) is 8.86. The lowest BCUT2D eigenvalue weighted by Gasteiger charge is -2.26. The molecule has 0 fully saturated rings. The van der Waals surface area contributed by atoms with Crippen molar-refractivity contribution < 1.29 is 19.1 Å². The fraction of sp³-hybridized carbons (Fsp3) is 0.609. The third kappa shape index (κ3) is 8.67. The number of benzene rings is 1. The van der Waals surface area contributed by atoms with Crippen LogP contribution < -0.4 is 15.4 Å². The van der Waals surface area contributed by atoms with E-state index < -0.39 is 0 Å². The van der Waals surface area contributed by atoms with Gasteiger partial charge in [-0.25, -0.2) is 0 Å². The molecular weight excluding hydrogens is 432 g/mol. The second kappa shape index (κ2) is 12.6. The van der Waals surface area contributed by atoms with E-state index in [2.05, 4.69) is 24.5 Å². The first-order chi connectivity index (χ1) is 15.2. The molecule has 9 heteroatoms. The zero-order valence-electron chi connectivity index (χ0n) is 19.4. The molecule has 0 saturated heterocycles. The maximum absolute atomic E-state index is 12.8. The van der Waals surface area contributed by atoms with Gasteiger partial charge in [-0.3, -0.25) is 14.4 Å². The smallest absolute Gasteiger partial charge is 0.255 e. The standard InChI is InChI=1S/C23H35ClN4O4/c1-16(2)11-18-15-32-20-8-7-17(24)12-19(20)23(31)25-9-5-6-10-28(13-21(29)26-18)22(30)14-27(3)4/h7-8,12,16,18H,5-6,9-11,13-15H2,1-4H3,(H,25,31)(H,26,29)/t18-/m1/s1. The van der Waals surface area contributed by atoms with Crippen LogP contribution in [0.5, 0.6) is 5.75 Å². The van der Waals surface area contributed by atoms with Crippen molar-refractivity contribution in [2.24, 2.45) is 5.92 Å². The molecule has 1 aromatic carbocycles. The first-order valence-electron chi connectivity index (χ1n) is 11.1. The van der Waals surface area contributed by atoms with Crippen LogP contribution in [0.4, 0.5) is 0 Å². The molecule has 0 saturated carbocycles. The number of fused-ring (bicyclic) bond motifs is 1. The Morgan fingerprint density at radius 3 is 2.72 bits per heavy atom. The zero-order chi connectivity index (χ0) is 23.7. The summed E-state index contributed by atoms with van der Waals surface area (Å²) in [5.41, 5.74) is 0.366. The topological polar surface area (TPSA) is 91.0 Å². The summed E-state index contributed by atoms with van der Waals surface area (Å²) >= 11 is 6.10. The van der Waals surface area contributed by atoms with Gasteiger partial charge in [0.2, 0.25) is 11.8 Å². The van der Waals surface area contributed by atoms with E-state index in [4.69, 9.17) is 16.3 Å². The maximum Gasteiger partial charge on any atom is 0.255 e. The quantitative estimate of drug-likeness (QED) is 0.709. The molecule has 1 heterocycles. The number of halogens is 1. The van der Waals surface area contributed by atoms with Crippen LogP contribution in [0.3, 0.4) is 0 Å². The van der Waals surface area contributed by atoms with Crippen molar-refractivity contribution in [3.05, 3.63) is 28.8 Å². The number of nitrogens with one attached hydrogen (secondary N) is 2. The molecule has 3 amide bonds. The molecule has 178 valence electrons. The van der Waals surface area contributed by atoms with Crippen LogP contribution in [0, 0.1) is 5.92 Å².